The van der Waals surface area contributed by atoms with Crippen molar-refractivity contribution >= 4 is 11.7 Å². The fourth-order valence-corrected chi connectivity index (χ4v) is 3.46. The van der Waals surface area contributed by atoms with Gasteiger partial charge in [-0.3, -0.25) is 0 Å². The SMILES string of the molecule is CCCC1(COC)CCCN1C(=O)Nc1ccc(CC#N)cc1. The number of anilines is 1. The van der Waals surface area contributed by atoms with Crippen molar-refractivity contribution in [2.45, 2.75) is 44.6 Å². The number of hydrogen-bond donors (Lipinski definition) is 1. The van der Waals surface area contributed by atoms with Gasteiger partial charge in [-0.1, -0.05) is 25.5 Å². The van der Waals surface area contributed by atoms with Crippen molar-refractivity contribution < 1.29 is 9.53 Å². The van der Waals surface area contributed by atoms with Gasteiger partial charge in [-0.25, -0.2) is 4.79 Å². The molecule has 1 unspecified atom stereocenters. The molecule has 2 amide bonds. The van der Waals surface area contributed by atoms with E-state index in [0.29, 0.717) is 13.0 Å². The number of benzene rings is 1. The van der Waals surface area contributed by atoms with Gasteiger partial charge in [-0.2, -0.15) is 5.26 Å². The molecular formula is C18H25N3O2. The largest absolute Gasteiger partial charge is 0.382 e. The summed E-state index contributed by atoms with van der Waals surface area (Å²) in [6.07, 6.45) is 4.36. The van der Waals surface area contributed by atoms with Gasteiger partial charge in [0.05, 0.1) is 24.6 Å². The molecular weight excluding hydrogens is 290 g/mol. The van der Waals surface area contributed by atoms with Gasteiger partial charge >= 0.3 is 6.03 Å². The van der Waals surface area contributed by atoms with Gasteiger partial charge in [0.15, 0.2) is 0 Å². The van der Waals surface area contributed by atoms with Crippen LogP contribution in [0, 0.1) is 11.3 Å². The molecule has 1 aliphatic rings. The third-order valence-corrected chi connectivity index (χ3v) is 4.46. The number of carbonyl (C=O) groups excluding carboxylic acids is 1. The van der Waals surface area contributed by atoms with Gasteiger partial charge in [0.2, 0.25) is 0 Å². The molecule has 2 rings (SSSR count). The van der Waals surface area contributed by atoms with Crippen LogP contribution in [0.5, 0.6) is 0 Å². The topological polar surface area (TPSA) is 65.4 Å². The predicted molar refractivity (Wildman–Crippen MR) is 90.2 cm³/mol. The average Bonchev–Trinajstić information content (AvgIpc) is 2.94. The van der Waals surface area contributed by atoms with E-state index in [0.717, 1.165) is 43.5 Å². The number of nitriles is 1. The Bertz CT molecular complexity index is 557. The van der Waals surface area contributed by atoms with Crippen molar-refractivity contribution in [1.29, 1.82) is 5.26 Å². The van der Waals surface area contributed by atoms with Gasteiger partial charge in [-0.05, 0) is 37.0 Å². The molecule has 0 spiro atoms. The highest BCUT2D eigenvalue weighted by atomic mass is 16.5. The Kier molecular flexibility index (Phi) is 6.00. The molecule has 124 valence electrons. The van der Waals surface area contributed by atoms with Crippen LogP contribution in [0.3, 0.4) is 0 Å². The van der Waals surface area contributed by atoms with Gasteiger partial charge in [0.25, 0.3) is 0 Å². The van der Waals surface area contributed by atoms with E-state index < -0.39 is 0 Å². The summed E-state index contributed by atoms with van der Waals surface area (Å²) in [5.41, 5.74) is 1.52. The van der Waals surface area contributed by atoms with Crippen LogP contribution in [-0.4, -0.2) is 36.7 Å². The molecule has 0 radical (unpaired) electrons. The van der Waals surface area contributed by atoms with Gasteiger partial charge in [0.1, 0.15) is 0 Å². The summed E-state index contributed by atoms with van der Waals surface area (Å²) in [6, 6.07) is 9.49. The van der Waals surface area contributed by atoms with E-state index in [9.17, 15) is 4.79 Å². The second kappa shape index (κ2) is 7.98. The lowest BCUT2D eigenvalue weighted by Crippen LogP contribution is -2.51. The zero-order chi connectivity index (χ0) is 16.7. The molecule has 0 aliphatic carbocycles. The van der Waals surface area contributed by atoms with E-state index in [1.807, 2.05) is 29.2 Å². The lowest BCUT2D eigenvalue weighted by atomic mass is 9.91. The van der Waals surface area contributed by atoms with Crippen LogP contribution in [0.2, 0.25) is 0 Å². The van der Waals surface area contributed by atoms with Gasteiger partial charge < -0.3 is 15.0 Å². The van der Waals surface area contributed by atoms with Gasteiger partial charge in [-0.15, -0.1) is 0 Å². The number of nitrogens with one attached hydrogen (secondary N) is 1. The van der Waals surface area contributed by atoms with Crippen molar-refractivity contribution in [3.63, 3.8) is 0 Å². The Hall–Kier alpha value is -2.06. The fraction of sp³-hybridized carbons (Fsp3) is 0.556. The van der Waals surface area contributed by atoms with Crippen LogP contribution in [0.25, 0.3) is 0 Å². The molecule has 1 heterocycles. The van der Waals surface area contributed by atoms with E-state index in [4.69, 9.17) is 10.00 Å². The van der Waals surface area contributed by atoms with Crippen LogP contribution in [-0.2, 0) is 11.2 Å². The molecule has 1 aromatic rings. The van der Waals surface area contributed by atoms with Crippen LogP contribution in [0.15, 0.2) is 24.3 Å². The van der Waals surface area contributed by atoms with Crippen molar-refractivity contribution in [3.8, 4) is 6.07 Å². The summed E-state index contributed by atoms with van der Waals surface area (Å²) in [6.45, 7) is 3.48. The summed E-state index contributed by atoms with van der Waals surface area (Å²) in [5.74, 6) is 0. The first-order valence-electron chi connectivity index (χ1n) is 8.18. The Balaban J connectivity index is 2.07. The van der Waals surface area contributed by atoms with Crippen molar-refractivity contribution in [1.82, 2.24) is 4.90 Å². The first kappa shape index (κ1) is 17.3. The number of amides is 2. The van der Waals surface area contributed by atoms with Crippen LogP contribution in [0.1, 0.15) is 38.2 Å². The first-order chi connectivity index (χ1) is 11.1. The highest BCUT2D eigenvalue weighted by Gasteiger charge is 2.42. The summed E-state index contributed by atoms with van der Waals surface area (Å²) in [4.78, 5) is 14.6. The molecule has 1 saturated heterocycles. The molecule has 23 heavy (non-hydrogen) atoms. The van der Waals surface area contributed by atoms with E-state index in [1.54, 1.807) is 7.11 Å². The minimum atomic E-state index is -0.186. The highest BCUT2D eigenvalue weighted by Crippen LogP contribution is 2.34. The van der Waals surface area contributed by atoms with E-state index in [-0.39, 0.29) is 11.6 Å². The number of rotatable bonds is 6. The van der Waals surface area contributed by atoms with Crippen LogP contribution >= 0.6 is 0 Å². The van der Waals surface area contributed by atoms with Crippen molar-refractivity contribution in [3.05, 3.63) is 29.8 Å². The molecule has 0 saturated carbocycles. The Morgan fingerprint density at radius 1 is 1.43 bits per heavy atom. The average molecular weight is 315 g/mol. The molecule has 1 fully saturated rings. The maximum absolute atomic E-state index is 12.7. The number of likely N-dealkylation sites (tertiary alicyclic amines) is 1. The number of methoxy groups -OCH3 is 1. The van der Waals surface area contributed by atoms with Gasteiger partial charge in [0, 0.05) is 19.3 Å². The van der Waals surface area contributed by atoms with Crippen LogP contribution in [0.4, 0.5) is 10.5 Å². The normalized spacial score (nSPS) is 20.3. The van der Waals surface area contributed by atoms with Crippen molar-refractivity contribution in [2.75, 3.05) is 25.6 Å². The second-order valence-corrected chi connectivity index (χ2v) is 6.12. The first-order valence-corrected chi connectivity index (χ1v) is 8.18. The number of urea groups is 1. The van der Waals surface area contributed by atoms with E-state index >= 15 is 0 Å². The summed E-state index contributed by atoms with van der Waals surface area (Å²) >= 11 is 0. The fourth-order valence-electron chi connectivity index (χ4n) is 3.46. The molecule has 0 aromatic heterocycles. The summed E-state index contributed by atoms with van der Waals surface area (Å²) in [5, 5.41) is 11.7. The molecule has 1 atom stereocenters. The summed E-state index contributed by atoms with van der Waals surface area (Å²) in [7, 11) is 1.69. The molecule has 5 nitrogen and oxygen atoms in total. The standard InChI is InChI=1S/C18H25N3O2/c1-3-10-18(14-23-2)11-4-13-21(18)17(22)20-16-7-5-15(6-8-16)9-12-19/h5-8H,3-4,9-11,13-14H2,1-2H3,(H,20,22). The van der Waals surface area contributed by atoms with Crippen molar-refractivity contribution in [2.24, 2.45) is 0 Å². The Morgan fingerprint density at radius 2 is 2.17 bits per heavy atom. The zero-order valence-corrected chi connectivity index (χ0v) is 14.0. The third-order valence-electron chi connectivity index (χ3n) is 4.46. The zero-order valence-electron chi connectivity index (χ0n) is 14.0. The highest BCUT2D eigenvalue weighted by molar-refractivity contribution is 5.90. The summed E-state index contributed by atoms with van der Waals surface area (Å²) < 4.78 is 5.40. The number of nitrogens with zero attached hydrogens (tertiary/aromatic N) is 2. The molecule has 1 aliphatic heterocycles. The predicted octanol–water partition coefficient (Wildman–Crippen LogP) is 3.57. The lowest BCUT2D eigenvalue weighted by Gasteiger charge is -2.38. The number of ether oxygens (including phenoxy) is 1. The monoisotopic (exact) mass is 315 g/mol. The van der Waals surface area contributed by atoms with E-state index in [1.165, 1.54) is 0 Å². The quantitative estimate of drug-likeness (QED) is 0.873. The molecule has 1 aromatic carbocycles. The maximum atomic E-state index is 12.7. The second-order valence-electron chi connectivity index (χ2n) is 6.12. The Labute approximate surface area is 138 Å². The Morgan fingerprint density at radius 3 is 2.78 bits per heavy atom. The molecule has 1 N–H and O–H groups in total. The third kappa shape index (κ3) is 4.02. The minimum Gasteiger partial charge on any atom is -0.382 e. The molecule has 0 bridgehead atoms. The number of carbonyl (C=O) groups is 1. The number of hydrogen-bond acceptors (Lipinski definition) is 3. The lowest BCUT2D eigenvalue weighted by molar-refractivity contribution is 0.0540. The molecule has 5 heteroatoms. The minimum absolute atomic E-state index is 0.0685. The van der Waals surface area contributed by atoms with E-state index in [2.05, 4.69) is 18.3 Å². The van der Waals surface area contributed by atoms with Crippen LogP contribution < -0.4 is 5.32 Å². The smallest absolute Gasteiger partial charge is 0.322 e. The maximum Gasteiger partial charge on any atom is 0.322 e.